The van der Waals surface area contributed by atoms with Crippen molar-refractivity contribution in [3.8, 4) is 0 Å². The molecule has 0 amide bonds. The Morgan fingerprint density at radius 1 is 1.27 bits per heavy atom. The minimum absolute atomic E-state index is 0.122. The third-order valence-corrected chi connectivity index (χ3v) is 2.68. The second kappa shape index (κ2) is 4.01. The van der Waals surface area contributed by atoms with E-state index in [1.807, 2.05) is 0 Å². The molecule has 0 nitrogen and oxygen atoms in total. The monoisotopic (exact) mass is 344 g/mol. The molecule has 60 valence electrons. The van der Waals surface area contributed by atoms with Crippen LogP contribution in [-0.2, 0) is 0 Å². The first-order chi connectivity index (χ1) is 5.11. The van der Waals surface area contributed by atoms with Crippen LogP contribution in [0.3, 0.4) is 0 Å². The zero-order valence-corrected chi connectivity index (χ0v) is 10.1. The highest BCUT2D eigenvalue weighted by molar-refractivity contribution is 9.24. The number of rotatable bonds is 1. The van der Waals surface area contributed by atoms with Crippen LogP contribution in [-0.4, -0.2) is 0 Å². The van der Waals surface area contributed by atoms with Crippen LogP contribution in [0.2, 0.25) is 0 Å². The van der Waals surface area contributed by atoms with Gasteiger partial charge in [0.2, 0.25) is 0 Å². The van der Waals surface area contributed by atoms with E-state index < -0.39 is 0 Å². The Morgan fingerprint density at radius 2 is 1.91 bits per heavy atom. The Hall–Kier alpha value is 0.590. The lowest BCUT2D eigenvalue weighted by Gasteiger charge is -2.03. The molecule has 0 aliphatic carbocycles. The molecule has 0 atom stereocenters. The third-order valence-electron chi connectivity index (χ3n) is 1.20. The van der Waals surface area contributed by atoms with Crippen molar-refractivity contribution in [2.45, 2.75) is 3.74 Å². The van der Waals surface area contributed by atoms with E-state index in [1.165, 1.54) is 6.07 Å². The number of hydrogen-bond acceptors (Lipinski definition) is 0. The van der Waals surface area contributed by atoms with Gasteiger partial charge < -0.3 is 0 Å². The van der Waals surface area contributed by atoms with E-state index in [0.29, 0.717) is 5.56 Å². The van der Waals surface area contributed by atoms with Crippen LogP contribution in [0.25, 0.3) is 0 Å². The zero-order valence-electron chi connectivity index (χ0n) is 5.32. The molecular weight excluding hydrogens is 343 g/mol. The molecule has 0 saturated heterocycles. The lowest BCUT2D eigenvalue weighted by molar-refractivity contribution is 0.616. The molecule has 0 fully saturated rings. The average molecular weight is 347 g/mol. The quantitative estimate of drug-likeness (QED) is 0.662. The van der Waals surface area contributed by atoms with Gasteiger partial charge in [0, 0.05) is 10.0 Å². The van der Waals surface area contributed by atoms with Gasteiger partial charge in [-0.15, -0.1) is 0 Å². The van der Waals surface area contributed by atoms with E-state index in [2.05, 4.69) is 47.8 Å². The van der Waals surface area contributed by atoms with Crippen molar-refractivity contribution in [1.29, 1.82) is 0 Å². The highest BCUT2D eigenvalue weighted by Crippen LogP contribution is 2.31. The predicted octanol–water partition coefficient (Wildman–Crippen LogP) is 4.38. The molecule has 11 heavy (non-hydrogen) atoms. The summed E-state index contributed by atoms with van der Waals surface area (Å²) < 4.78 is 13.6. The molecule has 0 aliphatic rings. The normalized spacial score (nSPS) is 10.6. The lowest BCUT2D eigenvalue weighted by atomic mass is 10.2. The van der Waals surface area contributed by atoms with Gasteiger partial charge in [0.1, 0.15) is 5.82 Å². The SMILES string of the molecule is Fc1cc(Br)ccc1C(Br)Br. The van der Waals surface area contributed by atoms with Crippen molar-refractivity contribution in [2.75, 3.05) is 0 Å². The maximum absolute atomic E-state index is 13.0. The van der Waals surface area contributed by atoms with Gasteiger partial charge >= 0.3 is 0 Å². The maximum Gasteiger partial charge on any atom is 0.129 e. The minimum Gasteiger partial charge on any atom is -0.207 e. The molecule has 1 aromatic rings. The molecule has 0 aliphatic heterocycles. The van der Waals surface area contributed by atoms with Gasteiger partial charge in [-0.3, -0.25) is 0 Å². The summed E-state index contributed by atoms with van der Waals surface area (Å²) in [6.07, 6.45) is 0. The van der Waals surface area contributed by atoms with E-state index in [0.717, 1.165) is 4.47 Å². The molecule has 0 N–H and O–H groups in total. The number of alkyl halides is 2. The maximum atomic E-state index is 13.0. The van der Waals surface area contributed by atoms with E-state index in [1.54, 1.807) is 12.1 Å². The molecule has 0 radical (unpaired) electrons. The van der Waals surface area contributed by atoms with Crippen molar-refractivity contribution in [3.63, 3.8) is 0 Å². The molecule has 0 saturated carbocycles. The molecule has 0 heterocycles. The first kappa shape index (κ1) is 9.68. The van der Waals surface area contributed by atoms with Gasteiger partial charge in [0.25, 0.3) is 0 Å². The number of halogens is 4. The minimum atomic E-state index is -0.224. The molecule has 0 spiro atoms. The Labute approximate surface area is 89.6 Å². The second-order valence-corrected chi connectivity index (χ2v) is 5.94. The van der Waals surface area contributed by atoms with Crippen molar-refractivity contribution in [1.82, 2.24) is 0 Å². The topological polar surface area (TPSA) is 0 Å². The van der Waals surface area contributed by atoms with E-state index >= 15 is 0 Å². The number of benzene rings is 1. The van der Waals surface area contributed by atoms with Crippen LogP contribution in [0, 0.1) is 5.82 Å². The highest BCUT2D eigenvalue weighted by Gasteiger charge is 2.08. The van der Waals surface area contributed by atoms with Crippen molar-refractivity contribution >= 4 is 47.8 Å². The van der Waals surface area contributed by atoms with Crippen LogP contribution in [0.5, 0.6) is 0 Å². The summed E-state index contributed by atoms with van der Waals surface area (Å²) in [6.45, 7) is 0. The van der Waals surface area contributed by atoms with Crippen molar-refractivity contribution in [3.05, 3.63) is 34.1 Å². The van der Waals surface area contributed by atoms with E-state index in [4.69, 9.17) is 0 Å². The fraction of sp³-hybridized carbons (Fsp3) is 0.143. The fourth-order valence-corrected chi connectivity index (χ4v) is 1.75. The predicted molar refractivity (Wildman–Crippen MR) is 54.7 cm³/mol. The fourth-order valence-electron chi connectivity index (χ4n) is 0.678. The van der Waals surface area contributed by atoms with Crippen LogP contribution < -0.4 is 0 Å². The summed E-state index contributed by atoms with van der Waals surface area (Å²) in [5.41, 5.74) is 0.605. The van der Waals surface area contributed by atoms with E-state index in [-0.39, 0.29) is 9.55 Å². The largest absolute Gasteiger partial charge is 0.207 e. The molecule has 0 unspecified atom stereocenters. The summed E-state index contributed by atoms with van der Waals surface area (Å²) in [6, 6.07) is 4.95. The van der Waals surface area contributed by atoms with Gasteiger partial charge in [-0.05, 0) is 12.1 Å². The van der Waals surface area contributed by atoms with Crippen LogP contribution in [0.15, 0.2) is 22.7 Å². The Kier molecular flexibility index (Phi) is 3.52. The standard InChI is InChI=1S/C7H4Br3F/c8-4-1-2-5(7(9)10)6(11)3-4/h1-3,7H. The lowest BCUT2D eigenvalue weighted by Crippen LogP contribution is -1.86. The van der Waals surface area contributed by atoms with Crippen molar-refractivity contribution in [2.24, 2.45) is 0 Å². The Balaban J connectivity index is 3.09. The molecular formula is C7H4Br3F. The molecule has 1 aromatic carbocycles. The number of hydrogen-bond donors (Lipinski definition) is 0. The van der Waals surface area contributed by atoms with Crippen LogP contribution >= 0.6 is 47.8 Å². The van der Waals surface area contributed by atoms with Gasteiger partial charge in [0.15, 0.2) is 0 Å². The smallest absolute Gasteiger partial charge is 0.129 e. The average Bonchev–Trinajstić information content (AvgIpc) is 1.85. The summed E-state index contributed by atoms with van der Waals surface area (Å²) in [4.78, 5) is 0. The van der Waals surface area contributed by atoms with Gasteiger partial charge in [-0.2, -0.15) is 0 Å². The molecule has 0 bridgehead atoms. The van der Waals surface area contributed by atoms with Crippen molar-refractivity contribution < 1.29 is 4.39 Å². The first-order valence-electron chi connectivity index (χ1n) is 2.84. The Morgan fingerprint density at radius 3 is 2.36 bits per heavy atom. The van der Waals surface area contributed by atoms with Crippen LogP contribution in [0.4, 0.5) is 4.39 Å². The van der Waals surface area contributed by atoms with Gasteiger partial charge in [0.05, 0.1) is 3.74 Å². The van der Waals surface area contributed by atoms with Crippen LogP contribution in [0.1, 0.15) is 9.30 Å². The summed E-state index contributed by atoms with van der Waals surface area (Å²) in [7, 11) is 0. The summed E-state index contributed by atoms with van der Waals surface area (Å²) in [5, 5.41) is 0. The summed E-state index contributed by atoms with van der Waals surface area (Å²) in [5.74, 6) is -0.224. The third kappa shape index (κ3) is 2.53. The van der Waals surface area contributed by atoms with E-state index in [9.17, 15) is 4.39 Å². The highest BCUT2D eigenvalue weighted by atomic mass is 79.9. The van der Waals surface area contributed by atoms with Gasteiger partial charge in [-0.1, -0.05) is 53.9 Å². The molecule has 0 aromatic heterocycles. The first-order valence-corrected chi connectivity index (χ1v) is 5.47. The summed E-state index contributed by atoms with van der Waals surface area (Å²) >= 11 is 9.61. The molecule has 1 rings (SSSR count). The Bertz CT molecular complexity index is 260. The zero-order chi connectivity index (χ0) is 8.43. The van der Waals surface area contributed by atoms with Gasteiger partial charge in [-0.25, -0.2) is 4.39 Å². The molecule has 4 heteroatoms. The second-order valence-electron chi connectivity index (χ2n) is 1.97.